The summed E-state index contributed by atoms with van der Waals surface area (Å²) in [5.74, 6) is -1.02. The second-order valence-electron chi connectivity index (χ2n) is 9.46. The summed E-state index contributed by atoms with van der Waals surface area (Å²) in [6, 6.07) is 16.4. The predicted octanol–water partition coefficient (Wildman–Crippen LogP) is 2.44. The number of carbonyl (C=O) groups is 3. The first-order valence-electron chi connectivity index (χ1n) is 12.1. The molecule has 1 heterocycles. The molecule has 2 aromatic rings. The molecule has 7 nitrogen and oxygen atoms in total. The van der Waals surface area contributed by atoms with Crippen LogP contribution in [0.25, 0.3) is 0 Å². The fourth-order valence-electron chi connectivity index (χ4n) is 4.98. The molecule has 7 heteroatoms. The highest BCUT2D eigenvalue weighted by atomic mass is 16.4. The molecule has 4 rings (SSSR count). The molecule has 34 heavy (non-hydrogen) atoms. The third kappa shape index (κ3) is 6.23. The van der Waals surface area contributed by atoms with Gasteiger partial charge in [0.05, 0.1) is 6.04 Å². The Morgan fingerprint density at radius 2 is 1.59 bits per heavy atom. The molecule has 1 aliphatic carbocycles. The number of carboxylic acids is 1. The van der Waals surface area contributed by atoms with Crippen LogP contribution in [0.15, 0.2) is 54.6 Å². The largest absolute Gasteiger partial charge is 0.480 e. The fourth-order valence-corrected chi connectivity index (χ4v) is 4.98. The van der Waals surface area contributed by atoms with Gasteiger partial charge in [0.1, 0.15) is 6.04 Å². The van der Waals surface area contributed by atoms with E-state index in [2.05, 4.69) is 28.1 Å². The number of hydrogen-bond donors (Lipinski definition) is 4. The average Bonchev–Trinajstić information content (AvgIpc) is 2.87. The minimum absolute atomic E-state index is 0.0274. The van der Waals surface area contributed by atoms with E-state index in [1.165, 1.54) is 11.1 Å². The molecule has 0 saturated heterocycles. The maximum Gasteiger partial charge on any atom is 0.326 e. The fraction of sp³-hybridized carbons (Fsp3) is 0.444. The van der Waals surface area contributed by atoms with Crippen LogP contribution in [0.3, 0.4) is 0 Å². The zero-order chi connectivity index (χ0) is 23.9. The van der Waals surface area contributed by atoms with Crippen molar-refractivity contribution in [3.05, 3.63) is 71.3 Å². The molecular formula is C27H33N3O4. The molecule has 1 aliphatic heterocycles. The first kappa shape index (κ1) is 24.0. The van der Waals surface area contributed by atoms with Crippen molar-refractivity contribution in [1.29, 1.82) is 0 Å². The number of benzene rings is 2. The van der Waals surface area contributed by atoms with Gasteiger partial charge in [-0.3, -0.25) is 9.59 Å². The van der Waals surface area contributed by atoms with E-state index in [0.717, 1.165) is 18.4 Å². The molecular weight excluding hydrogens is 430 g/mol. The summed E-state index contributed by atoms with van der Waals surface area (Å²) in [7, 11) is 0. The summed E-state index contributed by atoms with van der Waals surface area (Å²) >= 11 is 0. The van der Waals surface area contributed by atoms with Crippen LogP contribution in [0.5, 0.6) is 0 Å². The second kappa shape index (κ2) is 11.3. The summed E-state index contributed by atoms with van der Waals surface area (Å²) in [5, 5.41) is 18.7. The van der Waals surface area contributed by atoms with Crippen molar-refractivity contribution in [2.45, 2.75) is 57.2 Å². The van der Waals surface area contributed by atoms with E-state index < -0.39 is 12.0 Å². The quantitative estimate of drug-likeness (QED) is 0.481. The van der Waals surface area contributed by atoms with Gasteiger partial charge in [-0.1, -0.05) is 54.6 Å². The van der Waals surface area contributed by atoms with Gasteiger partial charge in [-0.15, -0.1) is 0 Å². The lowest BCUT2D eigenvalue weighted by atomic mass is 9.81. The first-order valence-corrected chi connectivity index (χ1v) is 12.1. The lowest BCUT2D eigenvalue weighted by molar-refractivity contribution is -0.142. The number of nitrogens with one attached hydrogen (secondary N) is 3. The highest BCUT2D eigenvalue weighted by Gasteiger charge is 2.30. The summed E-state index contributed by atoms with van der Waals surface area (Å²) in [5.41, 5.74) is 3.35. The van der Waals surface area contributed by atoms with Crippen molar-refractivity contribution in [1.82, 2.24) is 16.0 Å². The summed E-state index contributed by atoms with van der Waals surface area (Å²) < 4.78 is 0. The Hall–Kier alpha value is -3.19. The van der Waals surface area contributed by atoms with Crippen LogP contribution < -0.4 is 16.0 Å². The Balaban J connectivity index is 1.20. The van der Waals surface area contributed by atoms with Crippen molar-refractivity contribution in [3.8, 4) is 0 Å². The van der Waals surface area contributed by atoms with Crippen LogP contribution in [0.1, 0.15) is 42.4 Å². The molecule has 1 saturated carbocycles. The zero-order valence-electron chi connectivity index (χ0n) is 19.3. The van der Waals surface area contributed by atoms with Crippen LogP contribution in [0.2, 0.25) is 0 Å². The molecule has 0 unspecified atom stereocenters. The second-order valence-corrected chi connectivity index (χ2v) is 9.46. The van der Waals surface area contributed by atoms with Crippen LogP contribution in [-0.4, -0.2) is 41.5 Å². The molecule has 2 atom stereocenters. The average molecular weight is 464 g/mol. The van der Waals surface area contributed by atoms with Crippen LogP contribution in [0, 0.1) is 11.8 Å². The van der Waals surface area contributed by atoms with Crippen molar-refractivity contribution < 1.29 is 19.5 Å². The normalized spacial score (nSPS) is 22.8. The SMILES string of the molecule is O=C(N[C@@H](Cc1ccccc1)C(=O)O)C1CCC(CNC(=O)[C@@H]2Cc3ccccc3CN2)CC1. The van der Waals surface area contributed by atoms with Crippen LogP contribution >= 0.6 is 0 Å². The van der Waals surface area contributed by atoms with Crippen molar-refractivity contribution >= 4 is 17.8 Å². The van der Waals surface area contributed by atoms with Gasteiger partial charge in [0.15, 0.2) is 0 Å². The van der Waals surface area contributed by atoms with Crippen molar-refractivity contribution in [3.63, 3.8) is 0 Å². The maximum atomic E-state index is 12.7. The minimum Gasteiger partial charge on any atom is -0.480 e. The zero-order valence-corrected chi connectivity index (χ0v) is 19.3. The number of amides is 2. The number of carboxylic acid groups (broad SMARTS) is 1. The highest BCUT2D eigenvalue weighted by Crippen LogP contribution is 2.29. The molecule has 1 fully saturated rings. The van der Waals surface area contributed by atoms with E-state index in [1.807, 2.05) is 42.5 Å². The lowest BCUT2D eigenvalue weighted by Gasteiger charge is -2.30. The Morgan fingerprint density at radius 3 is 2.29 bits per heavy atom. The third-order valence-corrected chi connectivity index (χ3v) is 7.08. The molecule has 0 radical (unpaired) electrons. The molecule has 180 valence electrons. The van der Waals surface area contributed by atoms with Crippen LogP contribution in [0.4, 0.5) is 0 Å². The molecule has 2 aromatic carbocycles. The smallest absolute Gasteiger partial charge is 0.326 e. The van der Waals surface area contributed by atoms with E-state index >= 15 is 0 Å². The van der Waals surface area contributed by atoms with Gasteiger partial charge in [0.25, 0.3) is 0 Å². The van der Waals surface area contributed by atoms with Crippen molar-refractivity contribution in [2.75, 3.05) is 6.54 Å². The number of hydrogen-bond acceptors (Lipinski definition) is 4. The van der Waals surface area contributed by atoms with Crippen LogP contribution in [-0.2, 0) is 33.8 Å². The monoisotopic (exact) mass is 463 g/mol. The summed E-state index contributed by atoms with van der Waals surface area (Å²) in [4.78, 5) is 37.1. The minimum atomic E-state index is -1.02. The first-order chi connectivity index (χ1) is 16.5. The molecule has 4 N–H and O–H groups in total. The Labute approximate surface area is 200 Å². The maximum absolute atomic E-state index is 12.7. The Kier molecular flexibility index (Phi) is 7.95. The third-order valence-electron chi connectivity index (χ3n) is 7.08. The summed E-state index contributed by atoms with van der Waals surface area (Å²) in [6.45, 7) is 1.31. The van der Waals surface area contributed by atoms with E-state index in [-0.39, 0.29) is 30.2 Å². The van der Waals surface area contributed by atoms with Gasteiger partial charge in [-0.2, -0.15) is 0 Å². The van der Waals surface area contributed by atoms with Crippen molar-refractivity contribution in [2.24, 2.45) is 11.8 Å². The number of carbonyl (C=O) groups excluding carboxylic acids is 2. The van der Waals surface area contributed by atoms with Gasteiger partial charge < -0.3 is 21.1 Å². The van der Waals surface area contributed by atoms with Gasteiger partial charge in [-0.25, -0.2) is 4.79 Å². The number of rotatable bonds is 8. The molecule has 2 aliphatic rings. The van der Waals surface area contributed by atoms with Gasteiger partial charge in [0.2, 0.25) is 11.8 Å². The number of fused-ring (bicyclic) bond motifs is 1. The highest BCUT2D eigenvalue weighted by molar-refractivity contribution is 5.85. The summed E-state index contributed by atoms with van der Waals surface area (Å²) in [6.07, 6.45) is 4.06. The Bertz CT molecular complexity index is 1000. The van der Waals surface area contributed by atoms with E-state index in [9.17, 15) is 19.5 Å². The molecule has 0 spiro atoms. The van der Waals surface area contributed by atoms with E-state index in [4.69, 9.17) is 0 Å². The van der Waals surface area contributed by atoms with Gasteiger partial charge in [-0.05, 0) is 54.7 Å². The van der Waals surface area contributed by atoms with Gasteiger partial charge in [0, 0.05) is 25.4 Å². The number of aliphatic carboxylic acids is 1. The van der Waals surface area contributed by atoms with E-state index in [0.29, 0.717) is 38.3 Å². The molecule has 0 aromatic heterocycles. The lowest BCUT2D eigenvalue weighted by Crippen LogP contribution is -2.49. The molecule has 2 amide bonds. The Morgan fingerprint density at radius 1 is 0.912 bits per heavy atom. The van der Waals surface area contributed by atoms with Gasteiger partial charge >= 0.3 is 5.97 Å². The molecule has 0 bridgehead atoms. The predicted molar refractivity (Wildman–Crippen MR) is 129 cm³/mol. The standard InChI is InChI=1S/C27H33N3O4/c31-25(30-24(27(33)34)14-18-6-2-1-3-7-18)20-12-10-19(11-13-20)16-29-26(32)23-15-21-8-4-5-9-22(21)17-28-23/h1-9,19-20,23-24,28H,10-17H2,(H,29,32)(H,30,31)(H,33,34)/t19?,20?,23-,24-/m0/s1. The van der Waals surface area contributed by atoms with E-state index in [1.54, 1.807) is 0 Å². The topological polar surface area (TPSA) is 108 Å².